The largest absolute Gasteiger partial charge is 0.465 e. The number of hydrogen-bond donors (Lipinski definition) is 2. The molecule has 0 bridgehead atoms. The zero-order valence-electron chi connectivity index (χ0n) is 16.3. The molecule has 2 aromatic carbocycles. The van der Waals surface area contributed by atoms with Crippen molar-refractivity contribution in [2.24, 2.45) is 0 Å². The standard InChI is InChI=1S/C20H26N2O5S/c1-4-5-6-14(2)28(24,25)22-15-7-9-16(10-8-15)27-17-11-12-19(21)18(13-17)20(23)26-3/h7-14,22H,4-6,21H2,1-3H3. The highest BCUT2D eigenvalue weighted by atomic mass is 32.2. The summed E-state index contributed by atoms with van der Waals surface area (Å²) >= 11 is 0. The second-order valence-electron chi connectivity index (χ2n) is 6.47. The molecule has 0 saturated heterocycles. The summed E-state index contributed by atoms with van der Waals surface area (Å²) in [5, 5.41) is -0.463. The number of rotatable bonds is 9. The predicted octanol–water partition coefficient (Wildman–Crippen LogP) is 4.17. The number of ether oxygens (including phenoxy) is 2. The Morgan fingerprint density at radius 3 is 2.39 bits per heavy atom. The maximum atomic E-state index is 12.3. The van der Waals surface area contributed by atoms with Gasteiger partial charge in [0.2, 0.25) is 10.0 Å². The van der Waals surface area contributed by atoms with Crippen molar-refractivity contribution in [3.63, 3.8) is 0 Å². The molecule has 1 unspecified atom stereocenters. The molecule has 2 rings (SSSR count). The maximum Gasteiger partial charge on any atom is 0.340 e. The first-order valence-electron chi connectivity index (χ1n) is 9.04. The average Bonchev–Trinajstić information content (AvgIpc) is 2.68. The van der Waals surface area contributed by atoms with Crippen molar-refractivity contribution in [1.82, 2.24) is 0 Å². The van der Waals surface area contributed by atoms with Crippen molar-refractivity contribution < 1.29 is 22.7 Å². The van der Waals surface area contributed by atoms with E-state index in [4.69, 9.17) is 10.5 Å². The third-order valence-corrected chi connectivity index (χ3v) is 6.09. The Hall–Kier alpha value is -2.74. The highest BCUT2D eigenvalue weighted by Gasteiger charge is 2.20. The summed E-state index contributed by atoms with van der Waals surface area (Å²) in [5.41, 5.74) is 6.74. The summed E-state index contributed by atoms with van der Waals surface area (Å²) in [4.78, 5) is 11.7. The van der Waals surface area contributed by atoms with Gasteiger partial charge in [0.05, 0.1) is 17.9 Å². The van der Waals surface area contributed by atoms with Gasteiger partial charge in [-0.2, -0.15) is 0 Å². The van der Waals surface area contributed by atoms with Crippen LogP contribution in [0.3, 0.4) is 0 Å². The number of methoxy groups -OCH3 is 1. The monoisotopic (exact) mass is 406 g/mol. The zero-order valence-corrected chi connectivity index (χ0v) is 17.1. The first kappa shape index (κ1) is 21.6. The van der Waals surface area contributed by atoms with Crippen molar-refractivity contribution in [2.45, 2.75) is 38.4 Å². The van der Waals surface area contributed by atoms with Gasteiger partial charge in [-0.1, -0.05) is 19.8 Å². The molecule has 8 heteroatoms. The normalized spacial score (nSPS) is 12.2. The molecule has 3 N–H and O–H groups in total. The SMILES string of the molecule is CCCCC(C)S(=O)(=O)Nc1ccc(Oc2ccc(N)c(C(=O)OC)c2)cc1. The predicted molar refractivity (Wildman–Crippen MR) is 110 cm³/mol. The number of nitrogens with one attached hydrogen (secondary N) is 1. The van der Waals surface area contributed by atoms with E-state index in [1.54, 1.807) is 43.3 Å². The van der Waals surface area contributed by atoms with Crippen LogP contribution in [0.2, 0.25) is 0 Å². The van der Waals surface area contributed by atoms with Crippen molar-refractivity contribution in [1.29, 1.82) is 0 Å². The zero-order chi connectivity index (χ0) is 20.7. The van der Waals surface area contributed by atoms with Crippen LogP contribution in [-0.4, -0.2) is 26.7 Å². The van der Waals surface area contributed by atoms with Gasteiger partial charge in [0.25, 0.3) is 0 Å². The molecule has 0 fully saturated rings. The molecule has 0 amide bonds. The fraction of sp³-hybridized carbons (Fsp3) is 0.350. The van der Waals surface area contributed by atoms with Crippen LogP contribution in [0.1, 0.15) is 43.5 Å². The first-order chi connectivity index (χ1) is 13.3. The van der Waals surface area contributed by atoms with Crippen LogP contribution < -0.4 is 15.2 Å². The Morgan fingerprint density at radius 1 is 1.14 bits per heavy atom. The van der Waals surface area contributed by atoms with Crippen LogP contribution in [0.25, 0.3) is 0 Å². The first-order valence-corrected chi connectivity index (χ1v) is 10.6. The highest BCUT2D eigenvalue weighted by molar-refractivity contribution is 7.93. The lowest BCUT2D eigenvalue weighted by Crippen LogP contribution is -2.25. The Labute approximate surface area is 165 Å². The lowest BCUT2D eigenvalue weighted by Gasteiger charge is -2.15. The van der Waals surface area contributed by atoms with Crippen LogP contribution in [0.15, 0.2) is 42.5 Å². The van der Waals surface area contributed by atoms with Gasteiger partial charge in [-0.15, -0.1) is 0 Å². The van der Waals surface area contributed by atoms with E-state index in [0.29, 0.717) is 29.3 Å². The van der Waals surface area contributed by atoms with Gasteiger partial charge in [-0.25, -0.2) is 13.2 Å². The second-order valence-corrected chi connectivity index (χ2v) is 8.57. The van der Waals surface area contributed by atoms with E-state index < -0.39 is 21.2 Å². The van der Waals surface area contributed by atoms with Crippen molar-refractivity contribution in [3.05, 3.63) is 48.0 Å². The number of nitrogens with two attached hydrogens (primary N) is 1. The topological polar surface area (TPSA) is 108 Å². The van der Waals surface area contributed by atoms with Gasteiger partial charge >= 0.3 is 5.97 Å². The van der Waals surface area contributed by atoms with Crippen LogP contribution in [0, 0.1) is 0 Å². The molecule has 0 aliphatic rings. The molecule has 0 radical (unpaired) electrons. The van der Waals surface area contributed by atoms with E-state index in [1.807, 2.05) is 6.92 Å². The van der Waals surface area contributed by atoms with E-state index >= 15 is 0 Å². The van der Waals surface area contributed by atoms with Gasteiger partial charge in [0, 0.05) is 11.4 Å². The quantitative estimate of drug-likeness (QED) is 0.478. The molecule has 0 heterocycles. The van der Waals surface area contributed by atoms with Crippen LogP contribution in [0.5, 0.6) is 11.5 Å². The summed E-state index contributed by atoms with van der Waals surface area (Å²) in [5.74, 6) is 0.351. The fourth-order valence-electron chi connectivity index (χ4n) is 2.52. The van der Waals surface area contributed by atoms with Crippen LogP contribution in [0.4, 0.5) is 11.4 Å². The Bertz CT molecular complexity index is 911. The Kier molecular flexibility index (Phi) is 7.28. The molecule has 0 saturated carbocycles. The number of carbonyl (C=O) groups excluding carboxylic acids is 1. The number of hydrogen-bond acceptors (Lipinski definition) is 6. The fourth-order valence-corrected chi connectivity index (χ4v) is 3.67. The van der Waals surface area contributed by atoms with E-state index in [2.05, 4.69) is 9.46 Å². The van der Waals surface area contributed by atoms with Crippen LogP contribution >= 0.6 is 0 Å². The van der Waals surface area contributed by atoms with Gasteiger partial charge in [0.15, 0.2) is 0 Å². The number of unbranched alkanes of at least 4 members (excludes halogenated alkanes) is 1. The number of anilines is 2. The van der Waals surface area contributed by atoms with Gasteiger partial charge in [0.1, 0.15) is 11.5 Å². The van der Waals surface area contributed by atoms with E-state index in [1.165, 1.54) is 13.2 Å². The molecule has 152 valence electrons. The summed E-state index contributed by atoms with van der Waals surface area (Å²) in [7, 11) is -2.16. The average molecular weight is 407 g/mol. The highest BCUT2D eigenvalue weighted by Crippen LogP contribution is 2.27. The maximum absolute atomic E-state index is 12.3. The minimum absolute atomic E-state index is 0.213. The summed E-state index contributed by atoms with van der Waals surface area (Å²) < 4.78 is 37.7. The van der Waals surface area contributed by atoms with Gasteiger partial charge < -0.3 is 15.2 Å². The molecular weight excluding hydrogens is 380 g/mol. The summed E-state index contributed by atoms with van der Waals surface area (Å²) in [6, 6.07) is 11.2. The molecule has 28 heavy (non-hydrogen) atoms. The Balaban J connectivity index is 2.08. The van der Waals surface area contributed by atoms with E-state index in [9.17, 15) is 13.2 Å². The molecule has 1 atom stereocenters. The molecule has 0 aliphatic carbocycles. The van der Waals surface area contributed by atoms with E-state index in [-0.39, 0.29) is 5.56 Å². The minimum Gasteiger partial charge on any atom is -0.465 e. The smallest absolute Gasteiger partial charge is 0.340 e. The van der Waals surface area contributed by atoms with Crippen LogP contribution in [-0.2, 0) is 14.8 Å². The molecule has 0 aliphatic heterocycles. The third kappa shape index (κ3) is 5.63. The summed E-state index contributed by atoms with van der Waals surface area (Å²) in [6.45, 7) is 3.73. The molecule has 0 aromatic heterocycles. The number of esters is 1. The van der Waals surface area contributed by atoms with E-state index in [0.717, 1.165) is 12.8 Å². The second kappa shape index (κ2) is 9.45. The minimum atomic E-state index is -3.44. The van der Waals surface area contributed by atoms with Gasteiger partial charge in [-0.3, -0.25) is 4.72 Å². The lowest BCUT2D eigenvalue weighted by molar-refractivity contribution is 0.0601. The molecular formula is C20H26N2O5S. The Morgan fingerprint density at radius 2 is 1.79 bits per heavy atom. The third-order valence-electron chi connectivity index (χ3n) is 4.27. The molecule has 0 spiro atoms. The number of carbonyl (C=O) groups is 1. The van der Waals surface area contributed by atoms with Crippen molar-refractivity contribution >= 4 is 27.4 Å². The molecule has 7 nitrogen and oxygen atoms in total. The van der Waals surface area contributed by atoms with Gasteiger partial charge in [-0.05, 0) is 55.8 Å². The summed E-state index contributed by atoms with van der Waals surface area (Å²) in [6.07, 6.45) is 2.44. The number of nitrogen functional groups attached to an aromatic ring is 1. The number of sulfonamides is 1. The van der Waals surface area contributed by atoms with Crippen molar-refractivity contribution in [2.75, 3.05) is 17.6 Å². The lowest BCUT2D eigenvalue weighted by atomic mass is 10.1. The number of benzene rings is 2. The van der Waals surface area contributed by atoms with Crippen molar-refractivity contribution in [3.8, 4) is 11.5 Å². The molecule has 2 aromatic rings.